The first-order valence-corrected chi connectivity index (χ1v) is 11.0. The molecule has 1 aliphatic rings. The number of nitrogens with one attached hydrogen (secondary N) is 1. The molecule has 0 spiro atoms. The highest BCUT2D eigenvalue weighted by Gasteiger charge is 2.14. The Bertz CT molecular complexity index is 926. The third-order valence-electron chi connectivity index (χ3n) is 5.63. The van der Waals surface area contributed by atoms with E-state index in [1.54, 1.807) is 0 Å². The molecule has 3 aromatic rings. The normalized spacial score (nSPS) is 14.8. The molecule has 0 amide bonds. The molecule has 4 nitrogen and oxygen atoms in total. The maximum atomic E-state index is 6.18. The maximum Gasteiger partial charge on any atom is 0.224 e. The highest BCUT2D eigenvalue weighted by molar-refractivity contribution is 6.28. The van der Waals surface area contributed by atoms with Crippen LogP contribution < -0.4 is 10.1 Å². The quantitative estimate of drug-likeness (QED) is 0.351. The van der Waals surface area contributed by atoms with Crippen LogP contribution >= 0.6 is 11.6 Å². The van der Waals surface area contributed by atoms with Crippen LogP contribution in [0.5, 0.6) is 5.75 Å². The number of halogens is 1. The zero-order valence-corrected chi connectivity index (χ0v) is 17.5. The van der Waals surface area contributed by atoms with E-state index < -0.39 is 0 Å². The van der Waals surface area contributed by atoms with E-state index in [2.05, 4.69) is 39.6 Å². The number of fused-ring (bicyclic) bond motifs is 1. The molecule has 1 heterocycles. The summed E-state index contributed by atoms with van der Waals surface area (Å²) in [6.07, 6.45) is 8.63. The lowest BCUT2D eigenvalue weighted by atomic mass is 9.90. The molecule has 1 aliphatic carbocycles. The first kappa shape index (κ1) is 20.0. The molecule has 2 aromatic carbocycles. The number of benzene rings is 2. The van der Waals surface area contributed by atoms with E-state index in [0.717, 1.165) is 48.5 Å². The van der Waals surface area contributed by atoms with Crippen molar-refractivity contribution < 1.29 is 4.74 Å². The molecule has 5 heteroatoms. The third-order valence-corrected chi connectivity index (χ3v) is 5.80. The van der Waals surface area contributed by atoms with Gasteiger partial charge in [-0.1, -0.05) is 49.6 Å². The van der Waals surface area contributed by atoms with Crippen molar-refractivity contribution >= 4 is 28.3 Å². The summed E-state index contributed by atoms with van der Waals surface area (Å²) in [6, 6.07) is 16.5. The molecule has 0 unspecified atom stereocenters. The van der Waals surface area contributed by atoms with Crippen LogP contribution in [0.1, 0.15) is 44.1 Å². The second kappa shape index (κ2) is 9.93. The number of anilines is 1. The van der Waals surface area contributed by atoms with Crippen LogP contribution in [0.2, 0.25) is 5.28 Å². The third kappa shape index (κ3) is 5.60. The molecule has 0 aliphatic heterocycles. The average Bonchev–Trinajstić information content (AvgIpc) is 2.76. The first-order valence-electron chi connectivity index (χ1n) is 10.7. The Morgan fingerprint density at radius 1 is 1.00 bits per heavy atom. The van der Waals surface area contributed by atoms with Gasteiger partial charge in [0.2, 0.25) is 5.28 Å². The number of hydrogen-bond donors (Lipinski definition) is 1. The lowest BCUT2D eigenvalue weighted by Crippen LogP contribution is -2.15. The van der Waals surface area contributed by atoms with Gasteiger partial charge in [0.05, 0.1) is 12.1 Å². The molecule has 0 bridgehead atoms. The van der Waals surface area contributed by atoms with Gasteiger partial charge in [0.25, 0.3) is 0 Å². The summed E-state index contributed by atoms with van der Waals surface area (Å²) in [6.45, 7) is 1.62. The van der Waals surface area contributed by atoms with Gasteiger partial charge in [0.15, 0.2) is 0 Å². The zero-order valence-electron chi connectivity index (χ0n) is 16.7. The molecule has 1 fully saturated rings. The van der Waals surface area contributed by atoms with E-state index in [0.29, 0.717) is 5.92 Å². The van der Waals surface area contributed by atoms with Crippen LogP contribution in [0, 0.1) is 5.92 Å². The fraction of sp³-hybridized carbons (Fsp3) is 0.417. The van der Waals surface area contributed by atoms with Crippen molar-refractivity contribution in [1.82, 2.24) is 9.97 Å². The van der Waals surface area contributed by atoms with E-state index in [4.69, 9.17) is 16.3 Å². The molecule has 29 heavy (non-hydrogen) atoms. The van der Waals surface area contributed by atoms with Gasteiger partial charge in [-0.15, -0.1) is 0 Å². The summed E-state index contributed by atoms with van der Waals surface area (Å²) in [5.74, 6) is 2.31. The monoisotopic (exact) mass is 409 g/mol. The fourth-order valence-corrected chi connectivity index (χ4v) is 4.19. The molecule has 0 radical (unpaired) electrons. The Morgan fingerprint density at radius 2 is 1.83 bits per heavy atom. The fourth-order valence-electron chi connectivity index (χ4n) is 4.02. The summed E-state index contributed by atoms with van der Waals surface area (Å²) >= 11 is 6.18. The topological polar surface area (TPSA) is 47.0 Å². The standard InChI is InChI=1S/C24H28ClN3O/c25-24-27-22-16-20(29-17-19-10-5-2-6-11-19)13-14-21(22)23(28-24)26-15-7-12-18-8-3-1-4-9-18/h1,3-4,8-9,13-14,16,19H,2,5-7,10-12,15,17H2,(H,26,27,28). The van der Waals surface area contributed by atoms with Gasteiger partial charge >= 0.3 is 0 Å². The van der Waals surface area contributed by atoms with Gasteiger partial charge in [-0.25, -0.2) is 9.97 Å². The van der Waals surface area contributed by atoms with Crippen LogP contribution in [0.4, 0.5) is 5.82 Å². The van der Waals surface area contributed by atoms with Crippen molar-refractivity contribution in [3.05, 3.63) is 59.4 Å². The van der Waals surface area contributed by atoms with Crippen LogP contribution in [0.25, 0.3) is 10.9 Å². The molecule has 1 saturated carbocycles. The number of ether oxygens (including phenoxy) is 1. The van der Waals surface area contributed by atoms with E-state index in [1.165, 1.54) is 37.7 Å². The van der Waals surface area contributed by atoms with Crippen molar-refractivity contribution in [3.63, 3.8) is 0 Å². The molecule has 0 atom stereocenters. The van der Waals surface area contributed by atoms with Gasteiger partial charge < -0.3 is 10.1 Å². The van der Waals surface area contributed by atoms with Crippen LogP contribution in [-0.4, -0.2) is 23.1 Å². The minimum absolute atomic E-state index is 0.257. The molecule has 1 aromatic heterocycles. The van der Waals surface area contributed by atoms with Crippen molar-refractivity contribution in [2.75, 3.05) is 18.5 Å². The SMILES string of the molecule is Clc1nc(NCCCc2ccccc2)c2ccc(OCC3CCCCC3)cc2n1. The second-order valence-corrected chi connectivity index (χ2v) is 8.19. The van der Waals surface area contributed by atoms with E-state index in [-0.39, 0.29) is 5.28 Å². The highest BCUT2D eigenvalue weighted by atomic mass is 35.5. The van der Waals surface area contributed by atoms with Gasteiger partial charge in [0, 0.05) is 18.0 Å². The zero-order chi connectivity index (χ0) is 19.9. The van der Waals surface area contributed by atoms with Gasteiger partial charge in [-0.05, 0) is 60.9 Å². The maximum absolute atomic E-state index is 6.18. The molecular weight excluding hydrogens is 382 g/mol. The first-order chi connectivity index (χ1) is 14.3. The molecule has 4 rings (SSSR count). The van der Waals surface area contributed by atoms with Crippen LogP contribution in [0.15, 0.2) is 48.5 Å². The number of aryl methyl sites for hydroxylation is 1. The predicted molar refractivity (Wildman–Crippen MR) is 120 cm³/mol. The Hall–Kier alpha value is -2.33. The second-order valence-electron chi connectivity index (χ2n) is 7.85. The summed E-state index contributed by atoms with van der Waals surface area (Å²) in [5, 5.41) is 4.65. The Morgan fingerprint density at radius 3 is 2.66 bits per heavy atom. The van der Waals surface area contributed by atoms with E-state index in [1.807, 2.05) is 24.3 Å². The summed E-state index contributed by atoms with van der Waals surface area (Å²) < 4.78 is 6.06. The summed E-state index contributed by atoms with van der Waals surface area (Å²) in [4.78, 5) is 8.80. The lowest BCUT2D eigenvalue weighted by Gasteiger charge is -2.21. The van der Waals surface area contributed by atoms with Crippen LogP contribution in [-0.2, 0) is 6.42 Å². The van der Waals surface area contributed by atoms with Crippen molar-refractivity contribution in [2.45, 2.75) is 44.9 Å². The van der Waals surface area contributed by atoms with Crippen molar-refractivity contribution in [2.24, 2.45) is 5.92 Å². The lowest BCUT2D eigenvalue weighted by molar-refractivity contribution is 0.209. The molecule has 1 N–H and O–H groups in total. The summed E-state index contributed by atoms with van der Waals surface area (Å²) in [5.41, 5.74) is 2.16. The average molecular weight is 410 g/mol. The predicted octanol–water partition coefficient (Wildman–Crippen LogP) is 6.29. The highest BCUT2D eigenvalue weighted by Crippen LogP contribution is 2.28. The number of rotatable bonds is 8. The number of nitrogens with zero attached hydrogens (tertiary/aromatic N) is 2. The Kier molecular flexibility index (Phi) is 6.83. The largest absolute Gasteiger partial charge is 0.493 e. The Labute approximate surface area is 177 Å². The minimum atomic E-state index is 0.257. The van der Waals surface area contributed by atoms with Crippen LogP contribution in [0.3, 0.4) is 0 Å². The van der Waals surface area contributed by atoms with Gasteiger partial charge in [-0.2, -0.15) is 0 Å². The molecule has 0 saturated heterocycles. The van der Waals surface area contributed by atoms with Gasteiger partial charge in [0.1, 0.15) is 11.6 Å². The molecule has 152 valence electrons. The minimum Gasteiger partial charge on any atom is -0.493 e. The number of hydrogen-bond acceptors (Lipinski definition) is 4. The Balaban J connectivity index is 1.38. The smallest absolute Gasteiger partial charge is 0.224 e. The van der Waals surface area contributed by atoms with Gasteiger partial charge in [-0.3, -0.25) is 0 Å². The van der Waals surface area contributed by atoms with E-state index >= 15 is 0 Å². The van der Waals surface area contributed by atoms with E-state index in [9.17, 15) is 0 Å². The molecular formula is C24H28ClN3O. The number of aromatic nitrogens is 2. The van der Waals surface area contributed by atoms with Crippen molar-refractivity contribution in [1.29, 1.82) is 0 Å². The van der Waals surface area contributed by atoms with Crippen molar-refractivity contribution in [3.8, 4) is 5.75 Å². The summed E-state index contributed by atoms with van der Waals surface area (Å²) in [7, 11) is 0.